The quantitative estimate of drug-likeness (QED) is 0.550. The number of likely N-dealkylation sites (N-methyl/N-ethyl adjacent to an activating group) is 1. The molecule has 1 aromatic rings. The van der Waals surface area contributed by atoms with E-state index in [1.807, 2.05) is 7.05 Å². The normalized spacial score (nSPS) is 21.0. The van der Waals surface area contributed by atoms with Gasteiger partial charge in [-0.1, -0.05) is 24.3 Å². The van der Waals surface area contributed by atoms with Gasteiger partial charge in [0.2, 0.25) is 0 Å². The predicted octanol–water partition coefficient (Wildman–Crippen LogP) is 1.58. The molecule has 2 aliphatic heterocycles. The summed E-state index contributed by atoms with van der Waals surface area (Å²) in [5.74, 6) is 0.877. The number of nitrogens with zero attached hydrogens (tertiary/aromatic N) is 4. The van der Waals surface area contributed by atoms with E-state index in [2.05, 4.69) is 68.6 Å². The molecule has 3 rings (SSSR count). The zero-order valence-electron chi connectivity index (χ0n) is 18.0. The topological polar surface area (TPSA) is 46.1 Å². The van der Waals surface area contributed by atoms with E-state index in [0.29, 0.717) is 6.04 Å². The number of hydrogen-bond donors (Lipinski definition) is 2. The summed E-state index contributed by atoms with van der Waals surface area (Å²) in [5.41, 5.74) is 2.70. The molecule has 0 spiro atoms. The lowest BCUT2D eigenvalue weighted by Crippen LogP contribution is -2.52. The van der Waals surface area contributed by atoms with Crippen LogP contribution in [0.5, 0.6) is 0 Å². The standard InChI is InChI=1S/C22H38N6/c1-19(28-14-12-26(3)13-15-28)16-24-22(23-2)25-17-20-6-8-21(9-7-20)18-27-10-4-5-11-27/h6-9,19H,4-5,10-18H2,1-3H3,(H2,23,24,25). The second kappa shape index (κ2) is 10.8. The van der Waals surface area contributed by atoms with E-state index in [1.165, 1.54) is 37.1 Å². The molecule has 0 saturated carbocycles. The fourth-order valence-corrected chi connectivity index (χ4v) is 4.00. The van der Waals surface area contributed by atoms with E-state index in [9.17, 15) is 0 Å². The molecule has 2 fully saturated rings. The Kier molecular flexibility index (Phi) is 8.13. The van der Waals surface area contributed by atoms with Gasteiger partial charge in [0.15, 0.2) is 5.96 Å². The summed E-state index contributed by atoms with van der Waals surface area (Å²) in [4.78, 5) is 11.9. The van der Waals surface area contributed by atoms with E-state index >= 15 is 0 Å². The molecule has 0 radical (unpaired) electrons. The molecular weight excluding hydrogens is 348 g/mol. The molecule has 2 heterocycles. The van der Waals surface area contributed by atoms with Crippen LogP contribution in [0.4, 0.5) is 0 Å². The van der Waals surface area contributed by atoms with Crippen LogP contribution in [0, 0.1) is 0 Å². The smallest absolute Gasteiger partial charge is 0.191 e. The lowest BCUT2D eigenvalue weighted by Gasteiger charge is -2.36. The maximum absolute atomic E-state index is 4.38. The largest absolute Gasteiger partial charge is 0.355 e. The van der Waals surface area contributed by atoms with Crippen molar-refractivity contribution in [2.45, 2.75) is 38.9 Å². The van der Waals surface area contributed by atoms with Crippen LogP contribution >= 0.6 is 0 Å². The van der Waals surface area contributed by atoms with Gasteiger partial charge < -0.3 is 15.5 Å². The third-order valence-corrected chi connectivity index (χ3v) is 6.04. The van der Waals surface area contributed by atoms with Crippen molar-refractivity contribution in [3.63, 3.8) is 0 Å². The molecule has 2 N–H and O–H groups in total. The SMILES string of the molecule is CN=C(NCc1ccc(CN2CCCC2)cc1)NCC(C)N1CCN(C)CC1. The van der Waals surface area contributed by atoms with Crippen LogP contribution in [-0.2, 0) is 13.1 Å². The summed E-state index contributed by atoms with van der Waals surface area (Å²) in [7, 11) is 4.04. The summed E-state index contributed by atoms with van der Waals surface area (Å²) in [6.07, 6.45) is 2.70. The molecule has 0 bridgehead atoms. The van der Waals surface area contributed by atoms with Gasteiger partial charge in [-0.15, -0.1) is 0 Å². The third-order valence-electron chi connectivity index (χ3n) is 6.04. The number of hydrogen-bond acceptors (Lipinski definition) is 4. The fraction of sp³-hybridized carbons (Fsp3) is 0.682. The van der Waals surface area contributed by atoms with Gasteiger partial charge >= 0.3 is 0 Å². The van der Waals surface area contributed by atoms with Crippen LogP contribution in [0.15, 0.2) is 29.3 Å². The van der Waals surface area contributed by atoms with Gasteiger partial charge in [0.05, 0.1) is 0 Å². The van der Waals surface area contributed by atoms with E-state index in [-0.39, 0.29) is 0 Å². The first-order chi connectivity index (χ1) is 13.6. The minimum Gasteiger partial charge on any atom is -0.355 e. The highest BCUT2D eigenvalue weighted by atomic mass is 15.3. The highest BCUT2D eigenvalue weighted by molar-refractivity contribution is 5.79. The summed E-state index contributed by atoms with van der Waals surface area (Å²) >= 11 is 0. The highest BCUT2D eigenvalue weighted by Crippen LogP contribution is 2.13. The van der Waals surface area contributed by atoms with Crippen molar-refractivity contribution in [3.8, 4) is 0 Å². The zero-order chi connectivity index (χ0) is 19.8. The first-order valence-electron chi connectivity index (χ1n) is 10.8. The Hall–Kier alpha value is -1.63. The number of piperazine rings is 1. The van der Waals surface area contributed by atoms with Gasteiger partial charge in [0, 0.05) is 58.9 Å². The first kappa shape index (κ1) is 21.1. The summed E-state index contributed by atoms with van der Waals surface area (Å²) in [6.45, 7) is 12.2. The summed E-state index contributed by atoms with van der Waals surface area (Å²) in [5, 5.41) is 6.93. The molecule has 0 aliphatic carbocycles. The van der Waals surface area contributed by atoms with Gasteiger partial charge in [0.1, 0.15) is 0 Å². The Morgan fingerprint density at radius 3 is 2.25 bits per heavy atom. The molecular formula is C22H38N6. The lowest BCUT2D eigenvalue weighted by atomic mass is 10.1. The van der Waals surface area contributed by atoms with Crippen LogP contribution in [0.25, 0.3) is 0 Å². The van der Waals surface area contributed by atoms with Crippen molar-refractivity contribution >= 4 is 5.96 Å². The molecule has 2 aliphatic rings. The number of likely N-dealkylation sites (tertiary alicyclic amines) is 1. The van der Waals surface area contributed by atoms with Crippen LogP contribution in [-0.4, -0.2) is 86.6 Å². The van der Waals surface area contributed by atoms with Crippen molar-refractivity contribution in [1.29, 1.82) is 0 Å². The van der Waals surface area contributed by atoms with Crippen molar-refractivity contribution in [2.75, 3.05) is 59.9 Å². The minimum absolute atomic E-state index is 0.511. The Morgan fingerprint density at radius 1 is 0.964 bits per heavy atom. The van der Waals surface area contributed by atoms with Crippen molar-refractivity contribution in [1.82, 2.24) is 25.3 Å². The first-order valence-corrected chi connectivity index (χ1v) is 10.8. The number of aliphatic imine (C=N–C) groups is 1. The lowest BCUT2D eigenvalue weighted by molar-refractivity contribution is 0.120. The Labute approximate surface area is 171 Å². The number of rotatable bonds is 7. The summed E-state index contributed by atoms with van der Waals surface area (Å²) in [6, 6.07) is 9.51. The Morgan fingerprint density at radius 2 is 1.61 bits per heavy atom. The fourth-order valence-electron chi connectivity index (χ4n) is 4.00. The van der Waals surface area contributed by atoms with Gasteiger partial charge in [0.25, 0.3) is 0 Å². The van der Waals surface area contributed by atoms with Gasteiger partial charge in [-0.05, 0) is 51.0 Å². The van der Waals surface area contributed by atoms with E-state index in [4.69, 9.17) is 0 Å². The third kappa shape index (κ3) is 6.47. The molecule has 1 unspecified atom stereocenters. The molecule has 28 heavy (non-hydrogen) atoms. The number of guanidine groups is 1. The molecule has 1 aromatic carbocycles. The van der Waals surface area contributed by atoms with Crippen molar-refractivity contribution in [2.24, 2.45) is 4.99 Å². The van der Waals surface area contributed by atoms with Crippen molar-refractivity contribution < 1.29 is 0 Å². The number of benzene rings is 1. The second-order valence-electron chi connectivity index (χ2n) is 8.29. The zero-order valence-corrected chi connectivity index (χ0v) is 18.0. The average Bonchev–Trinajstić information content (AvgIpc) is 3.22. The Balaban J connectivity index is 1.38. The maximum Gasteiger partial charge on any atom is 0.191 e. The molecule has 6 heteroatoms. The molecule has 0 aromatic heterocycles. The maximum atomic E-state index is 4.38. The van der Waals surface area contributed by atoms with E-state index in [1.54, 1.807) is 0 Å². The monoisotopic (exact) mass is 386 g/mol. The highest BCUT2D eigenvalue weighted by Gasteiger charge is 2.19. The van der Waals surface area contributed by atoms with Crippen LogP contribution in [0.2, 0.25) is 0 Å². The molecule has 2 saturated heterocycles. The average molecular weight is 387 g/mol. The molecule has 1 atom stereocenters. The molecule has 156 valence electrons. The van der Waals surface area contributed by atoms with Gasteiger partial charge in [-0.25, -0.2) is 0 Å². The van der Waals surface area contributed by atoms with Crippen LogP contribution < -0.4 is 10.6 Å². The molecule has 0 amide bonds. The predicted molar refractivity (Wildman–Crippen MR) is 118 cm³/mol. The van der Waals surface area contributed by atoms with Crippen LogP contribution in [0.3, 0.4) is 0 Å². The Bertz CT molecular complexity index is 600. The van der Waals surface area contributed by atoms with E-state index < -0.39 is 0 Å². The molecule has 6 nitrogen and oxygen atoms in total. The van der Waals surface area contributed by atoms with Gasteiger partial charge in [-0.3, -0.25) is 14.8 Å². The van der Waals surface area contributed by atoms with Gasteiger partial charge in [-0.2, -0.15) is 0 Å². The summed E-state index contributed by atoms with van der Waals surface area (Å²) < 4.78 is 0. The van der Waals surface area contributed by atoms with Crippen molar-refractivity contribution in [3.05, 3.63) is 35.4 Å². The van der Waals surface area contributed by atoms with Crippen LogP contribution in [0.1, 0.15) is 30.9 Å². The number of nitrogens with one attached hydrogen (secondary N) is 2. The van der Waals surface area contributed by atoms with E-state index in [0.717, 1.165) is 51.8 Å². The second-order valence-corrected chi connectivity index (χ2v) is 8.29. The minimum atomic E-state index is 0.511.